The van der Waals surface area contributed by atoms with Crippen molar-refractivity contribution in [2.24, 2.45) is 18.7 Å². The van der Waals surface area contributed by atoms with E-state index < -0.39 is 0 Å². The van der Waals surface area contributed by atoms with Crippen LogP contribution in [0.5, 0.6) is 0 Å². The molecule has 7 nitrogen and oxygen atoms in total. The standard InChI is InChI=1S/C17H30N4O3/c1-20-16(12-13-4-2-3-5-15(13)18)19-21(17(20)22)8-11-24-14-6-9-23-10-7-14/h13-15H,2-12,18H2,1H3/t13-,15-/m1/s1. The smallest absolute Gasteiger partial charge is 0.345 e. The van der Waals surface area contributed by atoms with Crippen molar-refractivity contribution in [1.82, 2.24) is 14.3 Å². The van der Waals surface area contributed by atoms with Crippen LogP contribution in [0, 0.1) is 5.92 Å². The molecule has 0 amide bonds. The van der Waals surface area contributed by atoms with Crippen LogP contribution in [-0.4, -0.2) is 46.3 Å². The zero-order valence-electron chi connectivity index (χ0n) is 14.7. The quantitative estimate of drug-likeness (QED) is 0.831. The number of rotatable bonds is 6. The van der Waals surface area contributed by atoms with Gasteiger partial charge in [0.25, 0.3) is 0 Å². The summed E-state index contributed by atoms with van der Waals surface area (Å²) in [4.78, 5) is 12.4. The second kappa shape index (κ2) is 8.27. The number of hydrogen-bond acceptors (Lipinski definition) is 5. The van der Waals surface area contributed by atoms with Gasteiger partial charge in [0, 0.05) is 32.7 Å². The van der Waals surface area contributed by atoms with Crippen LogP contribution in [0.25, 0.3) is 0 Å². The van der Waals surface area contributed by atoms with E-state index >= 15 is 0 Å². The Bertz CT molecular complexity index is 577. The second-order valence-electron chi connectivity index (χ2n) is 7.08. The highest BCUT2D eigenvalue weighted by Gasteiger charge is 2.24. The highest BCUT2D eigenvalue weighted by Crippen LogP contribution is 2.25. The van der Waals surface area contributed by atoms with Gasteiger partial charge < -0.3 is 15.2 Å². The van der Waals surface area contributed by atoms with Gasteiger partial charge in [0.15, 0.2) is 0 Å². The van der Waals surface area contributed by atoms with Gasteiger partial charge in [-0.05, 0) is 31.6 Å². The molecule has 2 aliphatic rings. The fraction of sp³-hybridized carbons (Fsp3) is 0.882. The SMILES string of the molecule is Cn1c(C[C@H]2CCCC[C@H]2N)nn(CCOC2CCOCC2)c1=O. The lowest BCUT2D eigenvalue weighted by atomic mass is 9.83. The first-order valence-corrected chi connectivity index (χ1v) is 9.23. The summed E-state index contributed by atoms with van der Waals surface area (Å²) < 4.78 is 14.4. The number of ether oxygens (including phenoxy) is 2. The van der Waals surface area contributed by atoms with Crippen molar-refractivity contribution in [3.8, 4) is 0 Å². The van der Waals surface area contributed by atoms with E-state index in [0.29, 0.717) is 19.1 Å². The molecule has 1 aliphatic heterocycles. The maximum atomic E-state index is 12.4. The van der Waals surface area contributed by atoms with Gasteiger partial charge in [-0.2, -0.15) is 5.10 Å². The summed E-state index contributed by atoms with van der Waals surface area (Å²) in [7, 11) is 1.80. The third kappa shape index (κ3) is 4.26. The van der Waals surface area contributed by atoms with Crippen LogP contribution in [0.3, 0.4) is 0 Å². The predicted octanol–water partition coefficient (Wildman–Crippen LogP) is 0.837. The summed E-state index contributed by atoms with van der Waals surface area (Å²) in [6.07, 6.45) is 7.57. The Morgan fingerprint density at radius 3 is 2.75 bits per heavy atom. The third-order valence-corrected chi connectivity index (χ3v) is 5.37. The molecule has 2 atom stereocenters. The largest absolute Gasteiger partial charge is 0.381 e. The maximum Gasteiger partial charge on any atom is 0.345 e. The monoisotopic (exact) mass is 338 g/mol. The maximum absolute atomic E-state index is 12.4. The summed E-state index contributed by atoms with van der Waals surface area (Å²) in [5.74, 6) is 1.28. The van der Waals surface area contributed by atoms with Crippen molar-refractivity contribution in [3.05, 3.63) is 16.3 Å². The third-order valence-electron chi connectivity index (χ3n) is 5.37. The molecule has 7 heteroatoms. The molecule has 136 valence electrons. The van der Waals surface area contributed by atoms with Gasteiger partial charge in [-0.3, -0.25) is 4.57 Å². The van der Waals surface area contributed by atoms with Crippen LogP contribution in [0.4, 0.5) is 0 Å². The van der Waals surface area contributed by atoms with Crippen molar-refractivity contribution in [3.63, 3.8) is 0 Å². The van der Waals surface area contributed by atoms with Gasteiger partial charge in [0.1, 0.15) is 5.82 Å². The predicted molar refractivity (Wildman–Crippen MR) is 90.9 cm³/mol. The zero-order valence-corrected chi connectivity index (χ0v) is 14.7. The number of aromatic nitrogens is 3. The van der Waals surface area contributed by atoms with E-state index in [0.717, 1.165) is 51.1 Å². The van der Waals surface area contributed by atoms with Gasteiger partial charge in [0.05, 0.1) is 19.3 Å². The normalized spacial score (nSPS) is 25.9. The summed E-state index contributed by atoms with van der Waals surface area (Å²) >= 11 is 0. The highest BCUT2D eigenvalue weighted by molar-refractivity contribution is 4.93. The Hall–Kier alpha value is -1.18. The fourth-order valence-corrected chi connectivity index (χ4v) is 3.73. The summed E-state index contributed by atoms with van der Waals surface area (Å²) in [5, 5.41) is 4.53. The Labute approximate surface area is 143 Å². The Kier molecular flexibility index (Phi) is 6.08. The summed E-state index contributed by atoms with van der Waals surface area (Å²) in [5.41, 5.74) is 6.17. The van der Waals surface area contributed by atoms with E-state index in [1.165, 1.54) is 17.5 Å². The van der Waals surface area contributed by atoms with E-state index in [4.69, 9.17) is 15.2 Å². The molecule has 2 heterocycles. The first kappa shape index (κ1) is 17.6. The Morgan fingerprint density at radius 1 is 1.25 bits per heavy atom. The minimum Gasteiger partial charge on any atom is -0.381 e. The van der Waals surface area contributed by atoms with Crippen LogP contribution in [0.1, 0.15) is 44.3 Å². The molecule has 0 bridgehead atoms. The van der Waals surface area contributed by atoms with E-state index in [1.54, 1.807) is 11.6 Å². The second-order valence-corrected chi connectivity index (χ2v) is 7.08. The molecule has 0 aromatic carbocycles. The van der Waals surface area contributed by atoms with Crippen LogP contribution >= 0.6 is 0 Å². The molecule has 2 N–H and O–H groups in total. The minimum atomic E-state index is -0.0649. The Balaban J connectivity index is 1.55. The molecule has 0 spiro atoms. The van der Waals surface area contributed by atoms with Gasteiger partial charge in [-0.15, -0.1) is 0 Å². The average molecular weight is 338 g/mol. The molecule has 3 rings (SSSR count). The van der Waals surface area contributed by atoms with Crippen molar-refractivity contribution < 1.29 is 9.47 Å². The van der Waals surface area contributed by atoms with Crippen molar-refractivity contribution in [2.75, 3.05) is 19.8 Å². The van der Waals surface area contributed by atoms with Crippen LogP contribution in [-0.2, 0) is 29.5 Å². The molecule has 1 aromatic heterocycles. The molecule has 0 unspecified atom stereocenters. The van der Waals surface area contributed by atoms with E-state index in [1.807, 2.05) is 0 Å². The minimum absolute atomic E-state index is 0.0649. The van der Waals surface area contributed by atoms with E-state index in [-0.39, 0.29) is 17.8 Å². The first-order valence-electron chi connectivity index (χ1n) is 9.23. The molecule has 1 aliphatic carbocycles. The highest BCUT2D eigenvalue weighted by atomic mass is 16.5. The van der Waals surface area contributed by atoms with Gasteiger partial charge in [-0.1, -0.05) is 12.8 Å². The first-order chi connectivity index (χ1) is 11.6. The molecular formula is C17H30N4O3. The van der Waals surface area contributed by atoms with Gasteiger partial charge >= 0.3 is 5.69 Å². The molecule has 24 heavy (non-hydrogen) atoms. The zero-order chi connectivity index (χ0) is 16.9. The van der Waals surface area contributed by atoms with Crippen LogP contribution in [0.15, 0.2) is 4.79 Å². The number of nitrogens with zero attached hydrogens (tertiary/aromatic N) is 3. The number of nitrogens with two attached hydrogens (primary N) is 1. The summed E-state index contributed by atoms with van der Waals surface area (Å²) in [6, 6.07) is 0.232. The van der Waals surface area contributed by atoms with Crippen LogP contribution in [0.2, 0.25) is 0 Å². The van der Waals surface area contributed by atoms with Crippen molar-refractivity contribution in [1.29, 1.82) is 0 Å². The summed E-state index contributed by atoms with van der Waals surface area (Å²) in [6.45, 7) is 2.55. The van der Waals surface area contributed by atoms with Crippen molar-refractivity contribution in [2.45, 2.75) is 63.6 Å². The van der Waals surface area contributed by atoms with Gasteiger partial charge in [-0.25, -0.2) is 9.48 Å². The lowest BCUT2D eigenvalue weighted by molar-refractivity contribution is -0.0346. The van der Waals surface area contributed by atoms with Crippen LogP contribution < -0.4 is 11.4 Å². The molecule has 0 radical (unpaired) electrons. The van der Waals surface area contributed by atoms with E-state index in [9.17, 15) is 4.79 Å². The molecule has 1 aromatic rings. The van der Waals surface area contributed by atoms with Gasteiger partial charge in [0.2, 0.25) is 0 Å². The lowest BCUT2D eigenvalue weighted by Gasteiger charge is -2.27. The number of hydrogen-bond donors (Lipinski definition) is 1. The fourth-order valence-electron chi connectivity index (χ4n) is 3.73. The average Bonchev–Trinajstić information content (AvgIpc) is 2.86. The molecular weight excluding hydrogens is 308 g/mol. The topological polar surface area (TPSA) is 84.3 Å². The molecule has 1 saturated carbocycles. The lowest BCUT2D eigenvalue weighted by Crippen LogP contribution is -2.35. The van der Waals surface area contributed by atoms with E-state index in [2.05, 4.69) is 5.10 Å². The molecule has 2 fully saturated rings. The van der Waals surface area contributed by atoms with Crippen molar-refractivity contribution >= 4 is 0 Å². The Morgan fingerprint density at radius 2 is 2.00 bits per heavy atom. The molecule has 1 saturated heterocycles.